The van der Waals surface area contributed by atoms with Crippen LogP contribution in [-0.2, 0) is 4.79 Å². The number of rotatable bonds is 3. The van der Waals surface area contributed by atoms with Gasteiger partial charge in [-0.05, 0) is 30.7 Å². The number of methoxy groups -OCH3 is 1. The number of thioether (sulfide) groups is 1. The highest BCUT2D eigenvalue weighted by Gasteiger charge is 2.31. The van der Waals surface area contributed by atoms with Crippen LogP contribution in [-0.4, -0.2) is 43.6 Å². The molecule has 0 bridgehead atoms. The number of amides is 1. The lowest BCUT2D eigenvalue weighted by atomic mass is 10.0. The first-order valence-electron chi connectivity index (χ1n) is 8.23. The first-order chi connectivity index (χ1) is 13.1. The number of hydrogen-bond acceptors (Lipinski definition) is 7. The number of nitrogens with one attached hydrogen (secondary N) is 1. The van der Waals surface area contributed by atoms with E-state index in [2.05, 4.69) is 20.4 Å². The molecule has 2 N–H and O–H groups in total. The SMILES string of the molecule is COc1ccc([C@H]2SCC(=O)Nc3c2c(C)nn3-c2ncccn2)cc1O. The zero-order valence-corrected chi connectivity index (χ0v) is 15.5. The second-order valence-electron chi connectivity index (χ2n) is 5.98. The summed E-state index contributed by atoms with van der Waals surface area (Å²) < 4.78 is 6.67. The number of aryl methyl sites for hydroxylation is 1. The normalized spacial score (nSPS) is 16.4. The molecule has 1 atom stereocenters. The van der Waals surface area contributed by atoms with E-state index in [1.165, 1.54) is 18.9 Å². The molecule has 3 heterocycles. The summed E-state index contributed by atoms with van der Waals surface area (Å²) in [6.45, 7) is 1.88. The van der Waals surface area contributed by atoms with E-state index in [1.54, 1.807) is 35.3 Å². The number of ether oxygens (including phenoxy) is 1. The molecule has 4 rings (SSSR count). The number of benzene rings is 1. The Labute approximate surface area is 159 Å². The van der Waals surface area contributed by atoms with E-state index in [9.17, 15) is 9.90 Å². The zero-order valence-electron chi connectivity index (χ0n) is 14.7. The predicted octanol–water partition coefficient (Wildman–Crippen LogP) is 2.46. The van der Waals surface area contributed by atoms with Crippen LogP contribution in [0.25, 0.3) is 5.95 Å². The van der Waals surface area contributed by atoms with Gasteiger partial charge in [0.05, 0.1) is 23.8 Å². The molecule has 0 unspecified atom stereocenters. The lowest BCUT2D eigenvalue weighted by molar-refractivity contribution is -0.113. The van der Waals surface area contributed by atoms with Crippen molar-refractivity contribution in [3.63, 3.8) is 0 Å². The Morgan fingerprint density at radius 3 is 2.81 bits per heavy atom. The molecule has 1 aliphatic rings. The molecule has 0 saturated carbocycles. The Morgan fingerprint density at radius 2 is 2.11 bits per heavy atom. The average molecular weight is 383 g/mol. The molecule has 8 nitrogen and oxygen atoms in total. The van der Waals surface area contributed by atoms with Crippen molar-refractivity contribution < 1.29 is 14.6 Å². The van der Waals surface area contributed by atoms with Crippen molar-refractivity contribution in [2.45, 2.75) is 12.2 Å². The molecule has 1 aromatic carbocycles. The van der Waals surface area contributed by atoms with Gasteiger partial charge in [-0.25, -0.2) is 9.97 Å². The maximum atomic E-state index is 12.3. The zero-order chi connectivity index (χ0) is 19.0. The summed E-state index contributed by atoms with van der Waals surface area (Å²) in [5, 5.41) is 17.5. The maximum Gasteiger partial charge on any atom is 0.252 e. The summed E-state index contributed by atoms with van der Waals surface area (Å²) >= 11 is 1.47. The molecule has 1 aliphatic heterocycles. The number of nitrogens with zero attached hydrogens (tertiary/aromatic N) is 4. The minimum Gasteiger partial charge on any atom is -0.504 e. The minimum atomic E-state index is -0.187. The monoisotopic (exact) mass is 383 g/mol. The van der Waals surface area contributed by atoms with Gasteiger partial charge in [-0.3, -0.25) is 4.79 Å². The van der Waals surface area contributed by atoms with Gasteiger partial charge in [0.25, 0.3) is 5.95 Å². The molecule has 0 radical (unpaired) electrons. The first-order valence-corrected chi connectivity index (χ1v) is 9.28. The van der Waals surface area contributed by atoms with Crippen molar-refractivity contribution >= 4 is 23.5 Å². The van der Waals surface area contributed by atoms with E-state index in [0.29, 0.717) is 17.5 Å². The topological polar surface area (TPSA) is 102 Å². The van der Waals surface area contributed by atoms with E-state index in [4.69, 9.17) is 4.74 Å². The van der Waals surface area contributed by atoms with Gasteiger partial charge in [-0.2, -0.15) is 9.78 Å². The van der Waals surface area contributed by atoms with Gasteiger partial charge in [0.2, 0.25) is 5.91 Å². The largest absolute Gasteiger partial charge is 0.504 e. The third kappa shape index (κ3) is 3.10. The summed E-state index contributed by atoms with van der Waals surface area (Å²) in [6.07, 6.45) is 3.25. The number of hydrogen-bond donors (Lipinski definition) is 2. The molecule has 1 amide bonds. The fraction of sp³-hybridized carbons (Fsp3) is 0.222. The van der Waals surface area contributed by atoms with E-state index < -0.39 is 0 Å². The Hall–Kier alpha value is -3.07. The van der Waals surface area contributed by atoms with Gasteiger partial charge in [-0.1, -0.05) is 6.07 Å². The number of anilines is 1. The van der Waals surface area contributed by atoms with Crippen molar-refractivity contribution in [3.05, 3.63) is 53.5 Å². The maximum absolute atomic E-state index is 12.3. The van der Waals surface area contributed by atoms with E-state index in [-0.39, 0.29) is 22.7 Å². The first kappa shape index (κ1) is 17.3. The number of fused-ring (bicyclic) bond motifs is 1. The van der Waals surface area contributed by atoms with Crippen LogP contribution in [0.4, 0.5) is 5.82 Å². The van der Waals surface area contributed by atoms with Crippen molar-refractivity contribution in [1.29, 1.82) is 0 Å². The fourth-order valence-electron chi connectivity index (χ4n) is 3.06. The van der Waals surface area contributed by atoms with Gasteiger partial charge in [0, 0.05) is 18.0 Å². The second-order valence-corrected chi connectivity index (χ2v) is 7.07. The molecule has 3 aromatic rings. The molecule has 0 aliphatic carbocycles. The third-order valence-corrected chi connectivity index (χ3v) is 5.53. The molecular weight excluding hydrogens is 366 g/mol. The minimum absolute atomic E-state index is 0.0529. The van der Waals surface area contributed by atoms with Crippen LogP contribution in [0.15, 0.2) is 36.7 Å². The van der Waals surface area contributed by atoms with Gasteiger partial charge in [-0.15, -0.1) is 11.8 Å². The van der Waals surface area contributed by atoms with Gasteiger partial charge < -0.3 is 15.2 Å². The van der Waals surface area contributed by atoms with Crippen LogP contribution in [0.2, 0.25) is 0 Å². The van der Waals surface area contributed by atoms with Crippen LogP contribution < -0.4 is 10.1 Å². The molecule has 0 spiro atoms. The van der Waals surface area contributed by atoms with Gasteiger partial charge >= 0.3 is 0 Å². The predicted molar refractivity (Wildman–Crippen MR) is 101 cm³/mol. The second kappa shape index (κ2) is 6.92. The number of carbonyl (C=O) groups excluding carboxylic acids is 1. The summed E-state index contributed by atoms with van der Waals surface area (Å²) in [6, 6.07) is 6.97. The lowest BCUT2D eigenvalue weighted by Gasteiger charge is -2.16. The standard InChI is InChI=1S/C18H17N5O3S/c1-10-15-16(11-4-5-13(26-2)12(24)8-11)27-9-14(25)21-17(15)23(22-10)18-19-6-3-7-20-18/h3-8,16,24H,9H2,1-2H3,(H,21,25)/t16-/m1/s1. The Bertz CT molecular complexity index is 1010. The lowest BCUT2D eigenvalue weighted by Crippen LogP contribution is -2.16. The molecule has 9 heteroatoms. The molecule has 138 valence electrons. The van der Waals surface area contributed by atoms with Crippen molar-refractivity contribution in [3.8, 4) is 17.4 Å². The molecule has 2 aromatic heterocycles. The number of aromatic hydroxyl groups is 1. The summed E-state index contributed by atoms with van der Waals surface area (Å²) in [5.74, 6) is 1.54. The number of carbonyl (C=O) groups is 1. The number of aromatic nitrogens is 4. The van der Waals surface area contributed by atoms with E-state index in [0.717, 1.165) is 16.8 Å². The number of phenols is 1. The number of phenolic OH excluding ortho intramolecular Hbond substituents is 1. The molecule has 27 heavy (non-hydrogen) atoms. The third-order valence-electron chi connectivity index (χ3n) is 4.26. The van der Waals surface area contributed by atoms with Crippen molar-refractivity contribution in [2.75, 3.05) is 18.2 Å². The smallest absolute Gasteiger partial charge is 0.252 e. The van der Waals surface area contributed by atoms with E-state index >= 15 is 0 Å². The van der Waals surface area contributed by atoms with Gasteiger partial charge in [0.1, 0.15) is 5.82 Å². The molecule has 0 saturated heterocycles. The highest BCUT2D eigenvalue weighted by atomic mass is 32.2. The van der Waals surface area contributed by atoms with Crippen molar-refractivity contribution in [1.82, 2.24) is 19.7 Å². The highest BCUT2D eigenvalue weighted by Crippen LogP contribution is 2.45. The fourth-order valence-corrected chi connectivity index (χ4v) is 4.24. The average Bonchev–Trinajstić information content (AvgIpc) is 2.88. The highest BCUT2D eigenvalue weighted by molar-refractivity contribution is 8.00. The Kier molecular flexibility index (Phi) is 4.44. The van der Waals surface area contributed by atoms with Crippen molar-refractivity contribution in [2.24, 2.45) is 0 Å². The molecular formula is C18H17N5O3S. The van der Waals surface area contributed by atoms with Crippen LogP contribution in [0.3, 0.4) is 0 Å². The van der Waals surface area contributed by atoms with Crippen LogP contribution in [0.5, 0.6) is 11.5 Å². The Morgan fingerprint density at radius 1 is 1.33 bits per heavy atom. The Balaban J connectivity index is 1.87. The molecule has 0 fully saturated rings. The summed E-state index contributed by atoms with van der Waals surface area (Å²) in [5.41, 5.74) is 2.48. The van der Waals surface area contributed by atoms with Crippen LogP contribution in [0, 0.1) is 6.92 Å². The quantitative estimate of drug-likeness (QED) is 0.716. The summed E-state index contributed by atoms with van der Waals surface area (Å²) in [4.78, 5) is 20.8. The van der Waals surface area contributed by atoms with Crippen LogP contribution >= 0.6 is 11.8 Å². The van der Waals surface area contributed by atoms with Crippen LogP contribution in [0.1, 0.15) is 22.1 Å². The summed E-state index contributed by atoms with van der Waals surface area (Å²) in [7, 11) is 1.50. The van der Waals surface area contributed by atoms with E-state index in [1.807, 2.05) is 13.0 Å². The van der Waals surface area contributed by atoms with Gasteiger partial charge in [0.15, 0.2) is 11.5 Å².